The Morgan fingerprint density at radius 2 is 0.889 bits per heavy atom. The van der Waals surface area contributed by atoms with Crippen molar-refractivity contribution in [3.05, 3.63) is 182 Å². The van der Waals surface area contributed by atoms with Crippen molar-refractivity contribution in [1.82, 2.24) is 19.9 Å². The molecule has 0 aliphatic heterocycles. The minimum Gasteiger partial charge on any atom is -0.256 e. The lowest BCUT2D eigenvalue weighted by Crippen LogP contribution is -1.99. The maximum Gasteiger partial charge on any atom is 0.161 e. The summed E-state index contributed by atoms with van der Waals surface area (Å²) in [6.45, 7) is 0. The van der Waals surface area contributed by atoms with Gasteiger partial charge in [-0.05, 0) is 45.1 Å². The molecule has 0 aliphatic rings. The molecule has 0 saturated carbocycles. The van der Waals surface area contributed by atoms with Gasteiger partial charge in [0.15, 0.2) is 5.82 Å². The van der Waals surface area contributed by atoms with E-state index >= 15 is 0 Å². The highest BCUT2D eigenvalue weighted by molar-refractivity contribution is 6.30. The standard InChI is InChI=1S/C50H30N4/c1-3-14-31(15-4-1)42-30-43(32-16-5-2-6-17-32)54-50(53-42)47-37-21-9-7-19-35(37)46(36-20-8-10-22-38(36)47)49-40-28-27-33-25-26-34-18-13-29-51-48(34)44(33)45(40)39-23-11-12-24-41(39)52-49/h1-30H. The van der Waals surface area contributed by atoms with Gasteiger partial charge in [-0.1, -0.05) is 158 Å². The molecule has 250 valence electrons. The number of pyridine rings is 2. The molecule has 8 aromatic carbocycles. The lowest BCUT2D eigenvalue weighted by atomic mass is 9.87. The molecular formula is C50H30N4. The molecule has 0 atom stereocenters. The van der Waals surface area contributed by atoms with Gasteiger partial charge in [0, 0.05) is 55.4 Å². The van der Waals surface area contributed by atoms with E-state index in [0.717, 1.165) is 98.8 Å². The van der Waals surface area contributed by atoms with Gasteiger partial charge in [-0.3, -0.25) is 4.98 Å². The Kier molecular flexibility index (Phi) is 6.82. The molecule has 54 heavy (non-hydrogen) atoms. The van der Waals surface area contributed by atoms with Crippen molar-refractivity contribution in [2.75, 3.05) is 0 Å². The maximum atomic E-state index is 5.52. The first-order chi connectivity index (χ1) is 26.8. The fourth-order valence-electron chi connectivity index (χ4n) is 8.28. The summed E-state index contributed by atoms with van der Waals surface area (Å²) >= 11 is 0. The number of nitrogens with zero attached hydrogens (tertiary/aromatic N) is 4. The molecular weight excluding hydrogens is 657 g/mol. The zero-order chi connectivity index (χ0) is 35.6. The van der Waals surface area contributed by atoms with Crippen LogP contribution in [0.15, 0.2) is 182 Å². The second kappa shape index (κ2) is 12.1. The molecule has 0 fully saturated rings. The largest absolute Gasteiger partial charge is 0.256 e. The van der Waals surface area contributed by atoms with Crippen LogP contribution in [0.4, 0.5) is 0 Å². The summed E-state index contributed by atoms with van der Waals surface area (Å²) in [5.41, 5.74) is 8.84. The van der Waals surface area contributed by atoms with Gasteiger partial charge >= 0.3 is 0 Å². The number of rotatable bonds is 4. The normalized spacial score (nSPS) is 11.7. The minimum absolute atomic E-state index is 0.689. The van der Waals surface area contributed by atoms with Crippen LogP contribution in [0.3, 0.4) is 0 Å². The van der Waals surface area contributed by atoms with E-state index < -0.39 is 0 Å². The number of hydrogen-bond acceptors (Lipinski definition) is 4. The Balaban J connectivity index is 1.28. The number of hydrogen-bond donors (Lipinski definition) is 0. The molecule has 0 unspecified atom stereocenters. The van der Waals surface area contributed by atoms with Crippen LogP contribution in [0.25, 0.3) is 110 Å². The van der Waals surface area contributed by atoms with Gasteiger partial charge in [0.1, 0.15) is 0 Å². The summed E-state index contributed by atoms with van der Waals surface area (Å²) in [7, 11) is 0. The highest BCUT2D eigenvalue weighted by Gasteiger charge is 2.23. The van der Waals surface area contributed by atoms with Gasteiger partial charge in [0.05, 0.1) is 28.1 Å². The second-order valence-electron chi connectivity index (χ2n) is 13.7. The Labute approximate surface area is 311 Å². The first kappa shape index (κ1) is 30.3. The van der Waals surface area contributed by atoms with Crippen LogP contribution in [-0.2, 0) is 0 Å². The van der Waals surface area contributed by atoms with E-state index in [1.54, 1.807) is 0 Å². The zero-order valence-corrected chi connectivity index (χ0v) is 29.1. The number of aromatic nitrogens is 4. The fraction of sp³-hybridized carbons (Fsp3) is 0. The third-order valence-corrected chi connectivity index (χ3v) is 10.7. The summed E-state index contributed by atoms with van der Waals surface area (Å²) in [5, 5.41) is 11.1. The van der Waals surface area contributed by atoms with Crippen LogP contribution >= 0.6 is 0 Å². The van der Waals surface area contributed by atoms with Gasteiger partial charge in [-0.2, -0.15) is 0 Å². The smallest absolute Gasteiger partial charge is 0.161 e. The average molecular weight is 687 g/mol. The highest BCUT2D eigenvalue weighted by Crippen LogP contribution is 2.47. The predicted molar refractivity (Wildman–Crippen MR) is 224 cm³/mol. The minimum atomic E-state index is 0.689. The molecule has 0 spiro atoms. The van der Waals surface area contributed by atoms with Crippen LogP contribution in [0, 0.1) is 0 Å². The van der Waals surface area contributed by atoms with Crippen molar-refractivity contribution in [1.29, 1.82) is 0 Å². The van der Waals surface area contributed by atoms with Crippen molar-refractivity contribution in [2.45, 2.75) is 0 Å². The van der Waals surface area contributed by atoms with Gasteiger partial charge in [0.2, 0.25) is 0 Å². The summed E-state index contributed by atoms with van der Waals surface area (Å²) in [6.07, 6.45) is 1.89. The molecule has 11 rings (SSSR count). The molecule has 3 aromatic heterocycles. The Hall–Kier alpha value is -7.30. The van der Waals surface area contributed by atoms with Gasteiger partial charge in [-0.25, -0.2) is 15.0 Å². The van der Waals surface area contributed by atoms with Gasteiger partial charge in [-0.15, -0.1) is 0 Å². The van der Waals surface area contributed by atoms with Gasteiger partial charge < -0.3 is 0 Å². The Morgan fingerprint density at radius 1 is 0.352 bits per heavy atom. The molecule has 4 nitrogen and oxygen atoms in total. The SMILES string of the molecule is c1ccc(-c2cc(-c3ccccc3)nc(-c3c4ccccc4c(-c4nc5ccccc5c5c4ccc4ccc6cccnc6c45)c4ccccc34)n2)cc1. The molecule has 0 bridgehead atoms. The molecule has 0 saturated heterocycles. The number of fused-ring (bicyclic) bond motifs is 9. The van der Waals surface area contributed by atoms with Crippen molar-refractivity contribution >= 4 is 64.9 Å². The molecule has 0 aliphatic carbocycles. The topological polar surface area (TPSA) is 51.6 Å². The number of benzene rings is 8. The van der Waals surface area contributed by atoms with E-state index in [1.165, 1.54) is 5.39 Å². The van der Waals surface area contributed by atoms with Crippen molar-refractivity contribution < 1.29 is 0 Å². The van der Waals surface area contributed by atoms with E-state index in [9.17, 15) is 0 Å². The van der Waals surface area contributed by atoms with Gasteiger partial charge in [0.25, 0.3) is 0 Å². The molecule has 3 heterocycles. The second-order valence-corrected chi connectivity index (χ2v) is 13.7. The molecule has 11 aromatic rings. The maximum absolute atomic E-state index is 5.52. The average Bonchev–Trinajstić information content (AvgIpc) is 3.25. The highest BCUT2D eigenvalue weighted by atomic mass is 14.9. The monoisotopic (exact) mass is 686 g/mol. The van der Waals surface area contributed by atoms with E-state index in [-0.39, 0.29) is 0 Å². The van der Waals surface area contributed by atoms with E-state index in [0.29, 0.717) is 5.82 Å². The lowest BCUT2D eigenvalue weighted by Gasteiger charge is -2.19. The summed E-state index contributed by atoms with van der Waals surface area (Å²) in [5.74, 6) is 0.689. The van der Waals surface area contributed by atoms with Crippen LogP contribution in [0.1, 0.15) is 0 Å². The van der Waals surface area contributed by atoms with Crippen molar-refractivity contribution in [3.8, 4) is 45.2 Å². The Morgan fingerprint density at radius 3 is 1.54 bits per heavy atom. The predicted octanol–water partition coefficient (Wildman–Crippen LogP) is 12.9. The first-order valence-corrected chi connectivity index (χ1v) is 18.2. The third-order valence-electron chi connectivity index (χ3n) is 10.7. The summed E-state index contributed by atoms with van der Waals surface area (Å²) < 4.78 is 0. The van der Waals surface area contributed by atoms with E-state index in [1.807, 2.05) is 24.4 Å². The van der Waals surface area contributed by atoms with E-state index in [4.69, 9.17) is 19.9 Å². The fourth-order valence-corrected chi connectivity index (χ4v) is 8.28. The zero-order valence-electron chi connectivity index (χ0n) is 29.1. The molecule has 0 N–H and O–H groups in total. The lowest BCUT2D eigenvalue weighted by molar-refractivity contribution is 1.19. The van der Waals surface area contributed by atoms with Crippen LogP contribution in [0.2, 0.25) is 0 Å². The molecule has 0 amide bonds. The quantitative estimate of drug-likeness (QED) is 0.137. The first-order valence-electron chi connectivity index (χ1n) is 18.2. The van der Waals surface area contributed by atoms with Crippen molar-refractivity contribution in [3.63, 3.8) is 0 Å². The molecule has 4 heteroatoms. The van der Waals surface area contributed by atoms with Crippen molar-refractivity contribution in [2.24, 2.45) is 0 Å². The summed E-state index contributed by atoms with van der Waals surface area (Å²) in [6, 6.07) is 61.7. The summed E-state index contributed by atoms with van der Waals surface area (Å²) in [4.78, 5) is 21.1. The van der Waals surface area contributed by atoms with Crippen LogP contribution in [0.5, 0.6) is 0 Å². The number of para-hydroxylation sites is 1. The Bertz CT molecular complexity index is 3150. The van der Waals surface area contributed by atoms with E-state index in [2.05, 4.69) is 158 Å². The van der Waals surface area contributed by atoms with Crippen LogP contribution in [-0.4, -0.2) is 19.9 Å². The molecule has 0 radical (unpaired) electrons. The van der Waals surface area contributed by atoms with Crippen LogP contribution < -0.4 is 0 Å². The third kappa shape index (κ3) is 4.70.